The normalized spacial score (nSPS) is 11.4. The number of carbonyl (C=O) groups excluding carboxylic acids is 1. The van der Waals surface area contributed by atoms with Crippen LogP contribution in [-0.2, 0) is 16.1 Å². The van der Waals surface area contributed by atoms with E-state index >= 15 is 0 Å². The van der Waals surface area contributed by atoms with Crippen LogP contribution in [0, 0.1) is 0 Å². The highest BCUT2D eigenvalue weighted by Crippen LogP contribution is 2.26. The third-order valence-corrected chi connectivity index (χ3v) is 5.68. The number of likely N-dealkylation sites (N-methyl/N-ethyl adjacent to an activating group) is 2. The van der Waals surface area contributed by atoms with Crippen LogP contribution in [0.4, 0.5) is 16.9 Å². The van der Waals surface area contributed by atoms with E-state index in [0.29, 0.717) is 43.1 Å². The Kier molecular flexibility index (Phi) is 9.68. The average Bonchev–Trinajstić information content (AvgIpc) is 3.21. The summed E-state index contributed by atoms with van der Waals surface area (Å²) in [5.41, 5.74) is 1.59. The number of hydrogen-bond acceptors (Lipinski definition) is 10. The number of thiazole rings is 1. The first-order chi connectivity index (χ1) is 16.5. The summed E-state index contributed by atoms with van der Waals surface area (Å²) in [4.78, 5) is 35.0. The fourth-order valence-electron chi connectivity index (χ4n) is 3.16. The van der Waals surface area contributed by atoms with Crippen molar-refractivity contribution in [1.29, 1.82) is 0 Å². The number of pyridine rings is 1. The maximum atomic E-state index is 12.4. The van der Waals surface area contributed by atoms with Gasteiger partial charge in [0.15, 0.2) is 5.13 Å². The van der Waals surface area contributed by atoms with Gasteiger partial charge in [0.2, 0.25) is 11.9 Å². The Balaban J connectivity index is 1.58. The number of ether oxygens (including phenoxy) is 1. The van der Waals surface area contributed by atoms with Gasteiger partial charge in [-0.15, -0.1) is 0 Å². The van der Waals surface area contributed by atoms with Crippen molar-refractivity contribution in [3.63, 3.8) is 0 Å². The number of amides is 1. The first-order valence-corrected chi connectivity index (χ1v) is 12.0. The Morgan fingerprint density at radius 3 is 2.85 bits per heavy atom. The second-order valence-corrected chi connectivity index (χ2v) is 8.81. The molecule has 0 bridgehead atoms. The topological polar surface area (TPSA) is 108 Å². The zero-order valence-electron chi connectivity index (χ0n) is 20.1. The first-order valence-electron chi connectivity index (χ1n) is 11.2. The maximum Gasteiger partial charge on any atom is 0.246 e. The van der Waals surface area contributed by atoms with Crippen molar-refractivity contribution in [3.05, 3.63) is 42.2 Å². The second-order valence-electron chi connectivity index (χ2n) is 7.84. The Labute approximate surface area is 204 Å². The molecule has 0 fully saturated rings. The standard InChI is InChI=1S/C23H32N8O2S/c1-5-31(20(32)10-7-13-30(2)3)14-8-12-25-22-26-17(16-33-4)15-19(28-22)29-23-27-18-9-6-11-24-21(18)34-23/h6-7,9-11,15H,5,8,12-14,16H2,1-4H3,(H2,25,26,27,28,29)/b10-7+. The minimum Gasteiger partial charge on any atom is -0.378 e. The van der Waals surface area contributed by atoms with Crippen LogP contribution in [0.3, 0.4) is 0 Å². The Morgan fingerprint density at radius 1 is 1.26 bits per heavy atom. The Morgan fingerprint density at radius 2 is 2.12 bits per heavy atom. The molecule has 0 radical (unpaired) electrons. The molecule has 0 aliphatic rings. The number of anilines is 3. The van der Waals surface area contributed by atoms with Gasteiger partial charge in [-0.3, -0.25) is 4.79 Å². The number of nitrogens with one attached hydrogen (secondary N) is 2. The summed E-state index contributed by atoms with van der Waals surface area (Å²) in [5.74, 6) is 1.15. The summed E-state index contributed by atoms with van der Waals surface area (Å²) in [7, 11) is 5.57. The molecule has 34 heavy (non-hydrogen) atoms. The summed E-state index contributed by atoms with van der Waals surface area (Å²) in [6.45, 7) is 5.03. The van der Waals surface area contributed by atoms with E-state index in [1.165, 1.54) is 11.3 Å². The monoisotopic (exact) mass is 484 g/mol. The third-order valence-electron chi connectivity index (χ3n) is 4.79. The number of fused-ring (bicyclic) bond motifs is 1. The van der Waals surface area contributed by atoms with Gasteiger partial charge in [-0.05, 0) is 39.6 Å². The van der Waals surface area contributed by atoms with Crippen molar-refractivity contribution in [2.45, 2.75) is 20.0 Å². The van der Waals surface area contributed by atoms with Crippen LogP contribution in [0.1, 0.15) is 19.0 Å². The lowest BCUT2D eigenvalue weighted by atomic mass is 10.3. The molecular formula is C23H32N8O2S. The zero-order valence-corrected chi connectivity index (χ0v) is 20.9. The van der Waals surface area contributed by atoms with E-state index in [-0.39, 0.29) is 5.91 Å². The highest BCUT2D eigenvalue weighted by molar-refractivity contribution is 7.21. The molecule has 0 aliphatic carbocycles. The van der Waals surface area contributed by atoms with Crippen molar-refractivity contribution >= 4 is 44.5 Å². The quantitative estimate of drug-likeness (QED) is 0.279. The van der Waals surface area contributed by atoms with Crippen LogP contribution < -0.4 is 10.6 Å². The average molecular weight is 485 g/mol. The van der Waals surface area contributed by atoms with Crippen molar-refractivity contribution < 1.29 is 9.53 Å². The molecule has 0 aromatic carbocycles. The van der Waals surface area contributed by atoms with Gasteiger partial charge >= 0.3 is 0 Å². The molecular weight excluding hydrogens is 452 g/mol. The molecule has 0 atom stereocenters. The van der Waals surface area contributed by atoms with E-state index in [1.807, 2.05) is 55.1 Å². The summed E-state index contributed by atoms with van der Waals surface area (Å²) in [5, 5.41) is 7.22. The molecule has 0 saturated carbocycles. The predicted molar refractivity (Wildman–Crippen MR) is 136 cm³/mol. The van der Waals surface area contributed by atoms with Gasteiger partial charge in [0.05, 0.1) is 12.3 Å². The molecule has 1 amide bonds. The number of aromatic nitrogens is 4. The summed E-state index contributed by atoms with van der Waals surface area (Å²) >= 11 is 1.46. The SMILES string of the molecule is CCN(CCCNc1nc(COC)cc(Nc2nc3cccnc3s2)n1)C(=O)/C=C/CN(C)C. The van der Waals surface area contributed by atoms with E-state index in [9.17, 15) is 4.79 Å². The van der Waals surface area contributed by atoms with Crippen molar-refractivity contribution in [1.82, 2.24) is 29.7 Å². The minimum absolute atomic E-state index is 0.0273. The van der Waals surface area contributed by atoms with Crippen LogP contribution in [0.5, 0.6) is 0 Å². The van der Waals surface area contributed by atoms with E-state index in [4.69, 9.17) is 4.74 Å². The lowest BCUT2D eigenvalue weighted by molar-refractivity contribution is -0.125. The summed E-state index contributed by atoms with van der Waals surface area (Å²) < 4.78 is 5.26. The van der Waals surface area contributed by atoms with E-state index in [1.54, 1.807) is 19.4 Å². The smallest absolute Gasteiger partial charge is 0.246 e. The van der Waals surface area contributed by atoms with Crippen LogP contribution in [0.15, 0.2) is 36.5 Å². The van der Waals surface area contributed by atoms with Gasteiger partial charge in [-0.2, -0.15) is 4.98 Å². The molecule has 2 N–H and O–H groups in total. The van der Waals surface area contributed by atoms with Gasteiger partial charge in [0.1, 0.15) is 16.2 Å². The summed E-state index contributed by atoms with van der Waals surface area (Å²) in [6.07, 6.45) is 6.05. The van der Waals surface area contributed by atoms with E-state index < -0.39 is 0 Å². The third kappa shape index (κ3) is 7.72. The summed E-state index contributed by atoms with van der Waals surface area (Å²) in [6, 6.07) is 5.63. The number of hydrogen-bond donors (Lipinski definition) is 2. The molecule has 0 spiro atoms. The molecule has 182 valence electrons. The van der Waals surface area contributed by atoms with E-state index in [2.05, 4.69) is 30.6 Å². The molecule has 3 aromatic rings. The molecule has 0 aliphatic heterocycles. The molecule has 10 nitrogen and oxygen atoms in total. The van der Waals surface area contributed by atoms with Gasteiger partial charge in [0, 0.05) is 51.6 Å². The molecule has 11 heteroatoms. The first kappa shape index (κ1) is 25.5. The largest absolute Gasteiger partial charge is 0.378 e. The molecule has 3 aromatic heterocycles. The van der Waals surface area contributed by atoms with E-state index in [0.717, 1.165) is 29.0 Å². The predicted octanol–water partition coefficient (Wildman–Crippen LogP) is 3.14. The fraction of sp³-hybridized carbons (Fsp3) is 0.435. The van der Waals surface area contributed by atoms with Crippen LogP contribution in [0.25, 0.3) is 10.3 Å². The zero-order chi connectivity index (χ0) is 24.3. The van der Waals surface area contributed by atoms with Gasteiger partial charge in [-0.25, -0.2) is 15.0 Å². The Hall–Kier alpha value is -3.15. The number of rotatable bonds is 13. The van der Waals surface area contributed by atoms with Gasteiger partial charge in [-0.1, -0.05) is 17.4 Å². The van der Waals surface area contributed by atoms with Crippen LogP contribution >= 0.6 is 11.3 Å². The number of carbonyl (C=O) groups is 1. The van der Waals surface area contributed by atoms with Crippen LogP contribution in [0.2, 0.25) is 0 Å². The number of nitrogens with zero attached hydrogens (tertiary/aromatic N) is 6. The highest BCUT2D eigenvalue weighted by Gasteiger charge is 2.10. The Bertz CT molecular complexity index is 1070. The maximum absolute atomic E-state index is 12.4. The molecule has 3 heterocycles. The minimum atomic E-state index is 0.0273. The second kappa shape index (κ2) is 12.9. The number of methoxy groups -OCH3 is 1. The van der Waals surface area contributed by atoms with Crippen molar-refractivity contribution in [2.24, 2.45) is 0 Å². The molecule has 0 saturated heterocycles. The highest BCUT2D eigenvalue weighted by atomic mass is 32.1. The molecule has 0 unspecified atom stereocenters. The lowest BCUT2D eigenvalue weighted by Crippen LogP contribution is -2.31. The lowest BCUT2D eigenvalue weighted by Gasteiger charge is -2.19. The van der Waals surface area contributed by atoms with Crippen LogP contribution in [-0.4, -0.2) is 83.0 Å². The van der Waals surface area contributed by atoms with Gasteiger partial charge in [0.25, 0.3) is 0 Å². The fourth-order valence-corrected chi connectivity index (χ4v) is 3.97. The van der Waals surface area contributed by atoms with Crippen molar-refractivity contribution in [3.8, 4) is 0 Å². The molecule has 3 rings (SSSR count). The van der Waals surface area contributed by atoms with Gasteiger partial charge < -0.3 is 25.2 Å². The van der Waals surface area contributed by atoms with Crippen molar-refractivity contribution in [2.75, 3.05) is 58.0 Å².